The summed E-state index contributed by atoms with van der Waals surface area (Å²) in [5.41, 5.74) is 16.3. The summed E-state index contributed by atoms with van der Waals surface area (Å²) in [5.74, 6) is -10.7. The molecular formula is C36H58N12O17S2. The van der Waals surface area contributed by atoms with Gasteiger partial charge >= 0.3 is 5.97 Å². The van der Waals surface area contributed by atoms with Crippen molar-refractivity contribution in [3.05, 3.63) is 0 Å². The van der Waals surface area contributed by atoms with Crippen LogP contribution in [0.4, 0.5) is 0 Å². The Kier molecular flexibility index (Phi) is 22.7. The lowest BCUT2D eigenvalue weighted by Gasteiger charge is -2.40. The number of carboxylic acids is 1. The summed E-state index contributed by atoms with van der Waals surface area (Å²) in [7, 11) is 1.97. The molecule has 18 N–H and O–H groups in total. The van der Waals surface area contributed by atoms with Crippen molar-refractivity contribution in [3.63, 3.8) is 0 Å². The number of nitrogens with two attached hydrogens (primary N) is 3. The van der Waals surface area contributed by atoms with Crippen molar-refractivity contribution >= 4 is 86.7 Å². The first-order valence-electron chi connectivity index (χ1n) is 20.7. The molecule has 0 aromatic carbocycles. The Morgan fingerprint density at radius 2 is 1.48 bits per heavy atom. The molecule has 0 aromatic rings. The monoisotopic (exact) mass is 994 g/mol. The zero-order valence-corrected chi connectivity index (χ0v) is 37.8. The number of ether oxygens (including phenoxy) is 2. The van der Waals surface area contributed by atoms with Crippen LogP contribution in [0.25, 0.3) is 0 Å². The topological polar surface area (TPSA) is 468 Å². The second-order valence-electron chi connectivity index (χ2n) is 15.3. The number of aliphatic hydroxyl groups is 4. The number of nitrogens with zero attached hydrogens (tertiary/aromatic N) is 2. The minimum Gasteiger partial charge on any atom is -0.481 e. The number of aliphatic imine (C=N–C) groups is 1. The fourth-order valence-corrected chi connectivity index (χ4v) is 9.04. The first kappa shape index (κ1) is 55.8. The number of carbonyl (C=O) groups excluding carboxylic acids is 9. The number of carbonyl (C=O) groups is 10. The van der Waals surface area contributed by atoms with Crippen LogP contribution in [0.5, 0.6) is 0 Å². The van der Waals surface area contributed by atoms with Gasteiger partial charge in [-0.25, -0.2) is 0 Å². The van der Waals surface area contributed by atoms with Crippen LogP contribution in [0, 0.1) is 0 Å². The third kappa shape index (κ3) is 17.9. The van der Waals surface area contributed by atoms with Gasteiger partial charge < -0.3 is 94.3 Å². The van der Waals surface area contributed by atoms with Gasteiger partial charge in [-0.3, -0.25) is 52.9 Å². The van der Waals surface area contributed by atoms with Crippen LogP contribution in [0.1, 0.15) is 39.0 Å². The summed E-state index contributed by atoms with van der Waals surface area (Å²) in [5, 5.41) is 66.7. The predicted octanol–water partition coefficient (Wildman–Crippen LogP) is -9.12. The van der Waals surface area contributed by atoms with E-state index >= 15 is 0 Å². The number of hydrogen-bond acceptors (Lipinski definition) is 19. The second kappa shape index (κ2) is 27.3. The molecule has 376 valence electrons. The van der Waals surface area contributed by atoms with Crippen LogP contribution >= 0.6 is 21.6 Å². The average Bonchev–Trinajstić information content (AvgIpc) is 3.76. The molecule has 3 fully saturated rings. The Bertz CT molecular complexity index is 1850. The molecule has 0 saturated carbocycles. The Morgan fingerprint density at radius 3 is 2.09 bits per heavy atom. The Balaban J connectivity index is 1.99. The number of rotatable bonds is 12. The molecule has 0 aliphatic carbocycles. The SMILES string of the molecule is CC(=O)N[C@@H]1CSSC[C@@H](C(N)=O)NC(=O)[C@@H]2CCCN2C(=O)[C@H](CO[C@@H]2O[C@H](CO)[C@@H](O)[C@H](O)[C@H]2O)NC(=O)[C@H](CC(=O)O)NC(=O)CNC(=O)[C@H](CCCN=C(N)N)NC(=O)CNC1=O. The van der Waals surface area contributed by atoms with Crippen molar-refractivity contribution in [1.29, 1.82) is 0 Å². The highest BCUT2D eigenvalue weighted by Crippen LogP contribution is 2.25. The van der Waals surface area contributed by atoms with Gasteiger partial charge in [-0.15, -0.1) is 0 Å². The molecule has 31 heteroatoms. The largest absolute Gasteiger partial charge is 0.481 e. The summed E-state index contributed by atoms with van der Waals surface area (Å²) in [6.45, 7) is -2.31. The van der Waals surface area contributed by atoms with Gasteiger partial charge in [0.2, 0.25) is 53.2 Å². The molecule has 3 heterocycles. The summed E-state index contributed by atoms with van der Waals surface area (Å²) in [4.78, 5) is 136. The average molecular weight is 995 g/mol. The number of amides is 9. The maximum atomic E-state index is 14.3. The molecule has 0 aromatic heterocycles. The fraction of sp³-hybridized carbons (Fsp3) is 0.694. The Hall–Kier alpha value is -5.57. The van der Waals surface area contributed by atoms with E-state index in [4.69, 9.17) is 26.7 Å². The van der Waals surface area contributed by atoms with Crippen molar-refractivity contribution < 1.29 is 83.0 Å². The van der Waals surface area contributed by atoms with Crippen molar-refractivity contribution in [3.8, 4) is 0 Å². The number of aliphatic carboxylic acids is 1. The van der Waals surface area contributed by atoms with Gasteiger partial charge in [-0.05, 0) is 25.7 Å². The summed E-state index contributed by atoms with van der Waals surface area (Å²) in [6.07, 6.45) is -9.77. The van der Waals surface area contributed by atoms with Crippen LogP contribution < -0.4 is 54.4 Å². The van der Waals surface area contributed by atoms with Crippen molar-refractivity contribution in [2.75, 3.05) is 50.9 Å². The number of fused-ring (bicyclic) bond motifs is 1. The van der Waals surface area contributed by atoms with E-state index in [2.05, 4.69) is 42.2 Å². The number of aliphatic hydroxyl groups excluding tert-OH is 4. The smallest absolute Gasteiger partial charge is 0.305 e. The molecule has 0 spiro atoms. The third-order valence-corrected chi connectivity index (χ3v) is 12.5. The molecule has 3 aliphatic heterocycles. The van der Waals surface area contributed by atoms with Gasteiger partial charge in [0.25, 0.3) is 0 Å². The summed E-state index contributed by atoms with van der Waals surface area (Å²) >= 11 is 0. The molecule has 67 heavy (non-hydrogen) atoms. The van der Waals surface area contributed by atoms with Gasteiger partial charge in [0, 0.05) is 31.5 Å². The van der Waals surface area contributed by atoms with Crippen LogP contribution in [0.2, 0.25) is 0 Å². The van der Waals surface area contributed by atoms with Gasteiger partial charge in [-0.2, -0.15) is 0 Å². The highest BCUT2D eigenvalue weighted by atomic mass is 33.1. The standard InChI is InChI=1S/C36H58N12O17S2/c1-15(50)43-20-14-67-66-13-19(29(37)58)47-33(62)21-5-3-7-48(21)34(63)18(12-64-35-28(57)27(56)26(55)22(11-49)65-35)46-32(61)17(8-25(53)54)45-24(52)10-41-30(59)16(4-2-6-40-36(38)39)44-23(51)9-42-31(20)60/h16-22,26-28,35,49,55-57H,2-14H2,1H3,(H2,37,58)(H,41,59)(H,42,60)(H,43,50)(H,44,51)(H,45,52)(H,46,61)(H,47,62)(H,53,54)(H4,38,39,40)/t16-,17-,18-,19-,20+,21-,22+,26+,27-,28+,35+/m0/s1. The second-order valence-corrected chi connectivity index (χ2v) is 17.8. The number of nitrogens with one attached hydrogen (secondary N) is 7. The van der Waals surface area contributed by atoms with Gasteiger partial charge in [0.1, 0.15) is 60.7 Å². The van der Waals surface area contributed by atoms with Crippen molar-refractivity contribution in [1.82, 2.24) is 42.1 Å². The van der Waals surface area contributed by atoms with Crippen molar-refractivity contribution in [2.24, 2.45) is 22.2 Å². The first-order valence-corrected chi connectivity index (χ1v) is 23.2. The molecule has 0 bridgehead atoms. The van der Waals surface area contributed by atoms with Crippen LogP contribution in [-0.2, 0) is 57.4 Å². The molecule has 0 unspecified atom stereocenters. The Labute approximate surface area is 389 Å². The molecule has 9 amide bonds. The van der Waals surface area contributed by atoms with E-state index < -0.39 is 159 Å². The van der Waals surface area contributed by atoms with Crippen LogP contribution in [0.3, 0.4) is 0 Å². The van der Waals surface area contributed by atoms with Crippen LogP contribution in [-0.4, -0.2) is 213 Å². The van der Waals surface area contributed by atoms with E-state index in [1.807, 2.05) is 0 Å². The maximum absolute atomic E-state index is 14.3. The molecule has 3 aliphatic rings. The van der Waals surface area contributed by atoms with Crippen molar-refractivity contribution in [2.45, 2.75) is 106 Å². The lowest BCUT2D eigenvalue weighted by atomic mass is 9.99. The van der Waals surface area contributed by atoms with Gasteiger partial charge in [0.05, 0.1) is 32.7 Å². The zero-order valence-electron chi connectivity index (χ0n) is 36.1. The quantitative estimate of drug-likeness (QED) is 0.0374. The van der Waals surface area contributed by atoms with E-state index in [1.54, 1.807) is 0 Å². The minimum absolute atomic E-state index is 0.0152. The molecule has 3 rings (SSSR count). The van der Waals surface area contributed by atoms with E-state index in [9.17, 15) is 73.5 Å². The minimum atomic E-state index is -1.96. The first-order chi connectivity index (χ1) is 31.6. The van der Waals surface area contributed by atoms with E-state index in [-0.39, 0.29) is 56.2 Å². The molecule has 3 saturated heterocycles. The Morgan fingerprint density at radius 1 is 0.836 bits per heavy atom. The van der Waals surface area contributed by atoms with E-state index in [1.165, 1.54) is 0 Å². The number of hydrogen-bond donors (Lipinski definition) is 15. The normalized spacial score (nSPS) is 30.3. The van der Waals surface area contributed by atoms with Crippen LogP contribution in [0.15, 0.2) is 4.99 Å². The molecular weight excluding hydrogens is 937 g/mol. The van der Waals surface area contributed by atoms with E-state index in [0.29, 0.717) is 0 Å². The molecule has 29 nitrogen and oxygen atoms in total. The lowest BCUT2D eigenvalue weighted by Crippen LogP contribution is -2.61. The number of primary amides is 1. The summed E-state index contributed by atoms with van der Waals surface area (Å²) in [6, 6.07) is -9.06. The third-order valence-electron chi connectivity index (χ3n) is 10.1. The predicted molar refractivity (Wildman–Crippen MR) is 232 cm³/mol. The maximum Gasteiger partial charge on any atom is 0.305 e. The molecule has 11 atom stereocenters. The number of guanidine groups is 1. The summed E-state index contributed by atoms with van der Waals surface area (Å²) < 4.78 is 10.9. The van der Waals surface area contributed by atoms with Gasteiger partial charge in [0.15, 0.2) is 12.2 Å². The lowest BCUT2D eigenvalue weighted by molar-refractivity contribution is -0.301. The van der Waals surface area contributed by atoms with E-state index in [0.717, 1.165) is 33.4 Å². The zero-order chi connectivity index (χ0) is 50.0. The highest BCUT2D eigenvalue weighted by Gasteiger charge is 2.46. The fourth-order valence-electron chi connectivity index (χ4n) is 6.70. The number of carboxylic acid groups (broad SMARTS) is 1. The molecule has 0 radical (unpaired) electrons. The highest BCUT2D eigenvalue weighted by molar-refractivity contribution is 8.76. The van der Waals surface area contributed by atoms with Gasteiger partial charge in [-0.1, -0.05) is 21.6 Å².